The summed E-state index contributed by atoms with van der Waals surface area (Å²) in [5.74, 6) is -0.856. The lowest BCUT2D eigenvalue weighted by molar-refractivity contribution is -0.141. The Labute approximate surface area is 186 Å². The lowest BCUT2D eigenvalue weighted by Gasteiger charge is -2.25. The normalized spacial score (nSPS) is 13.6. The van der Waals surface area contributed by atoms with Crippen LogP contribution in [0.25, 0.3) is 0 Å². The lowest BCUT2D eigenvalue weighted by atomic mass is 9.90. The largest absolute Gasteiger partial charge is 0.480 e. The first-order chi connectivity index (χ1) is 14.9. The van der Waals surface area contributed by atoms with Gasteiger partial charge in [-0.25, -0.2) is 18.9 Å². The number of nitrogens with zero attached hydrogens (tertiary/aromatic N) is 1. The Morgan fingerprint density at radius 1 is 1.03 bits per heavy atom. The van der Waals surface area contributed by atoms with E-state index in [0.717, 1.165) is 12.8 Å². The summed E-state index contributed by atoms with van der Waals surface area (Å²) < 4.78 is 23.0. The highest BCUT2D eigenvalue weighted by Crippen LogP contribution is 2.29. The zero-order valence-electron chi connectivity index (χ0n) is 17.4. The van der Waals surface area contributed by atoms with Gasteiger partial charge in [0, 0.05) is 12.1 Å². The van der Waals surface area contributed by atoms with Gasteiger partial charge in [-0.2, -0.15) is 0 Å². The number of hydrogen-bond acceptors (Lipinski definition) is 4. The van der Waals surface area contributed by atoms with Crippen LogP contribution < -0.4 is 4.90 Å². The SMILES string of the molecule is COCC(=O)O.O=C(OCC1CCCCC1)N(c1ccc(F)cc1)c1ccc(Cl)cc1. The maximum absolute atomic E-state index is 13.2. The molecule has 1 aliphatic rings. The summed E-state index contributed by atoms with van der Waals surface area (Å²) >= 11 is 5.94. The molecule has 6 nitrogen and oxygen atoms in total. The van der Waals surface area contributed by atoms with Gasteiger partial charge in [0.05, 0.1) is 18.0 Å². The second-order valence-electron chi connectivity index (χ2n) is 7.20. The molecule has 2 aromatic carbocycles. The summed E-state index contributed by atoms with van der Waals surface area (Å²) in [4.78, 5) is 23.7. The van der Waals surface area contributed by atoms with Gasteiger partial charge in [-0.1, -0.05) is 30.9 Å². The van der Waals surface area contributed by atoms with Crippen LogP contribution in [-0.2, 0) is 14.3 Å². The number of hydrogen-bond donors (Lipinski definition) is 1. The maximum Gasteiger partial charge on any atom is 0.418 e. The van der Waals surface area contributed by atoms with Crippen molar-refractivity contribution in [3.63, 3.8) is 0 Å². The molecule has 8 heteroatoms. The van der Waals surface area contributed by atoms with Crippen molar-refractivity contribution in [2.75, 3.05) is 25.2 Å². The lowest BCUT2D eigenvalue weighted by Crippen LogP contribution is -2.29. The molecule has 0 spiro atoms. The smallest absolute Gasteiger partial charge is 0.418 e. The van der Waals surface area contributed by atoms with Crippen molar-refractivity contribution >= 4 is 35.0 Å². The van der Waals surface area contributed by atoms with Crippen molar-refractivity contribution < 1.29 is 28.6 Å². The summed E-state index contributed by atoms with van der Waals surface area (Å²) in [6.45, 7) is 0.212. The van der Waals surface area contributed by atoms with E-state index in [1.807, 2.05) is 0 Å². The van der Waals surface area contributed by atoms with Crippen molar-refractivity contribution in [3.05, 3.63) is 59.4 Å². The first-order valence-electron chi connectivity index (χ1n) is 10.1. The molecule has 31 heavy (non-hydrogen) atoms. The third kappa shape index (κ3) is 8.55. The van der Waals surface area contributed by atoms with Gasteiger partial charge < -0.3 is 14.6 Å². The number of ether oxygens (including phenoxy) is 2. The molecule has 0 aromatic heterocycles. The van der Waals surface area contributed by atoms with E-state index in [2.05, 4.69) is 4.74 Å². The Morgan fingerprint density at radius 2 is 1.58 bits per heavy atom. The van der Waals surface area contributed by atoms with Crippen LogP contribution in [0.5, 0.6) is 0 Å². The monoisotopic (exact) mass is 451 g/mol. The molecule has 0 heterocycles. The van der Waals surface area contributed by atoms with E-state index in [-0.39, 0.29) is 12.4 Å². The third-order valence-corrected chi connectivity index (χ3v) is 5.04. The predicted molar refractivity (Wildman–Crippen MR) is 117 cm³/mol. The third-order valence-electron chi connectivity index (χ3n) is 4.79. The van der Waals surface area contributed by atoms with Crippen molar-refractivity contribution in [2.45, 2.75) is 32.1 Å². The van der Waals surface area contributed by atoms with Gasteiger partial charge in [0.2, 0.25) is 0 Å². The van der Waals surface area contributed by atoms with E-state index < -0.39 is 12.1 Å². The van der Waals surface area contributed by atoms with E-state index in [4.69, 9.17) is 21.4 Å². The zero-order chi connectivity index (χ0) is 22.6. The van der Waals surface area contributed by atoms with Crippen molar-refractivity contribution in [1.82, 2.24) is 0 Å². The highest BCUT2D eigenvalue weighted by atomic mass is 35.5. The van der Waals surface area contributed by atoms with Crippen LogP contribution in [0.3, 0.4) is 0 Å². The number of anilines is 2. The number of rotatable bonds is 6. The standard InChI is InChI=1S/C20H21ClFNO2.C3H6O3/c21-16-6-10-18(11-7-16)23(19-12-8-17(22)9-13-19)20(24)25-14-15-4-2-1-3-5-15;1-6-2-3(4)5/h6-13,15H,1-5,14H2;2H2,1H3,(H,4,5). The van der Waals surface area contributed by atoms with Crippen molar-refractivity contribution in [1.29, 1.82) is 0 Å². The molecular weight excluding hydrogens is 425 g/mol. The number of carboxylic acids is 1. The Hall–Kier alpha value is -2.64. The van der Waals surface area contributed by atoms with Crippen LogP contribution in [0.1, 0.15) is 32.1 Å². The van der Waals surface area contributed by atoms with E-state index in [0.29, 0.717) is 28.9 Å². The van der Waals surface area contributed by atoms with Crippen LogP contribution in [0.4, 0.5) is 20.6 Å². The highest BCUT2D eigenvalue weighted by Gasteiger charge is 2.22. The van der Waals surface area contributed by atoms with Crippen molar-refractivity contribution in [2.24, 2.45) is 5.92 Å². The van der Waals surface area contributed by atoms with Gasteiger partial charge in [-0.05, 0) is 67.3 Å². The number of methoxy groups -OCH3 is 1. The van der Waals surface area contributed by atoms with Gasteiger partial charge in [-0.15, -0.1) is 0 Å². The second-order valence-corrected chi connectivity index (χ2v) is 7.63. The number of carbonyl (C=O) groups is 2. The van der Waals surface area contributed by atoms with Gasteiger partial charge in [0.1, 0.15) is 12.4 Å². The predicted octanol–water partition coefficient (Wildman–Crippen LogP) is 6.05. The van der Waals surface area contributed by atoms with E-state index in [1.54, 1.807) is 36.4 Å². The molecular formula is C23H27ClFNO5. The summed E-state index contributed by atoms with van der Waals surface area (Å²) in [5, 5.41) is 8.37. The maximum atomic E-state index is 13.2. The summed E-state index contributed by atoms with van der Waals surface area (Å²) in [5.41, 5.74) is 1.18. The Morgan fingerprint density at radius 3 is 2.06 bits per heavy atom. The highest BCUT2D eigenvalue weighted by molar-refractivity contribution is 6.30. The zero-order valence-corrected chi connectivity index (χ0v) is 18.2. The van der Waals surface area contributed by atoms with E-state index >= 15 is 0 Å². The molecule has 1 saturated carbocycles. The fourth-order valence-corrected chi connectivity index (χ4v) is 3.40. The minimum atomic E-state index is -0.933. The minimum absolute atomic E-state index is 0.208. The average Bonchev–Trinajstić information content (AvgIpc) is 2.76. The van der Waals surface area contributed by atoms with Crippen LogP contribution in [-0.4, -0.2) is 37.5 Å². The number of amides is 1. The van der Waals surface area contributed by atoms with Crippen LogP contribution >= 0.6 is 11.6 Å². The fourth-order valence-electron chi connectivity index (χ4n) is 3.27. The van der Waals surface area contributed by atoms with Crippen LogP contribution in [0.15, 0.2) is 48.5 Å². The molecule has 0 bridgehead atoms. The number of carboxylic acid groups (broad SMARTS) is 1. The summed E-state index contributed by atoms with van der Waals surface area (Å²) in [6.07, 6.45) is 5.40. The summed E-state index contributed by atoms with van der Waals surface area (Å²) in [6, 6.07) is 12.7. The van der Waals surface area contributed by atoms with Gasteiger partial charge >= 0.3 is 12.1 Å². The first kappa shape index (κ1) is 24.6. The molecule has 1 fully saturated rings. The molecule has 0 saturated heterocycles. The molecule has 0 unspecified atom stereocenters. The fraction of sp³-hybridized carbons (Fsp3) is 0.391. The number of halogens is 2. The topological polar surface area (TPSA) is 76.1 Å². The number of aliphatic carboxylic acids is 1. The molecule has 3 rings (SSSR count). The van der Waals surface area contributed by atoms with Crippen LogP contribution in [0, 0.1) is 11.7 Å². The molecule has 0 radical (unpaired) electrons. The quantitative estimate of drug-likeness (QED) is 0.578. The number of benzene rings is 2. The molecule has 168 valence electrons. The van der Waals surface area contributed by atoms with Gasteiger partial charge in [-0.3, -0.25) is 0 Å². The minimum Gasteiger partial charge on any atom is -0.480 e. The van der Waals surface area contributed by atoms with Gasteiger partial charge in [0.25, 0.3) is 0 Å². The van der Waals surface area contributed by atoms with Crippen LogP contribution in [0.2, 0.25) is 5.02 Å². The first-order valence-corrected chi connectivity index (χ1v) is 10.5. The van der Waals surface area contributed by atoms with Gasteiger partial charge in [0.15, 0.2) is 0 Å². The second kappa shape index (κ2) is 12.9. The van der Waals surface area contributed by atoms with E-state index in [1.165, 1.54) is 43.4 Å². The summed E-state index contributed by atoms with van der Waals surface area (Å²) in [7, 11) is 1.34. The molecule has 2 aromatic rings. The Balaban J connectivity index is 0.000000501. The Bertz CT molecular complexity index is 777. The molecule has 0 atom stereocenters. The molecule has 1 amide bonds. The molecule has 1 N–H and O–H groups in total. The Kier molecular flexibility index (Phi) is 10.3. The molecule has 1 aliphatic carbocycles. The van der Waals surface area contributed by atoms with Crippen molar-refractivity contribution in [3.8, 4) is 0 Å². The number of carbonyl (C=O) groups excluding carboxylic acids is 1. The van der Waals surface area contributed by atoms with E-state index in [9.17, 15) is 14.0 Å². The average molecular weight is 452 g/mol. The molecule has 0 aliphatic heterocycles.